The third kappa shape index (κ3) is 4.31. The molecule has 4 rings (SSSR count). The molecule has 164 valence electrons. The van der Waals surface area contributed by atoms with Crippen LogP contribution in [0.25, 0.3) is 33.5 Å². The normalized spacial score (nSPS) is 11.2. The van der Waals surface area contributed by atoms with Crippen LogP contribution >= 0.6 is 0 Å². The predicted molar refractivity (Wildman–Crippen MR) is 125 cm³/mol. The molecule has 0 bridgehead atoms. The van der Waals surface area contributed by atoms with Crippen LogP contribution < -0.4 is 10.1 Å². The van der Waals surface area contributed by atoms with Gasteiger partial charge in [0.2, 0.25) is 11.7 Å². The van der Waals surface area contributed by atoms with Crippen LogP contribution in [0, 0.1) is 0 Å². The number of fused-ring (bicyclic) bond motifs is 1. The molecule has 0 aliphatic heterocycles. The zero-order chi connectivity index (χ0) is 22.7. The van der Waals surface area contributed by atoms with E-state index < -0.39 is 0 Å². The van der Waals surface area contributed by atoms with Crippen LogP contribution in [0.15, 0.2) is 54.7 Å². The molecule has 3 heterocycles. The Morgan fingerprint density at radius 3 is 2.53 bits per heavy atom. The maximum Gasteiger partial charge on any atom is 0.287 e. The number of ether oxygens (including phenoxy) is 1. The first kappa shape index (κ1) is 21.5. The van der Waals surface area contributed by atoms with Gasteiger partial charge < -0.3 is 19.5 Å². The molecule has 0 aliphatic carbocycles. The summed E-state index contributed by atoms with van der Waals surface area (Å²) in [6.45, 7) is 1.29. The van der Waals surface area contributed by atoms with Crippen molar-refractivity contribution in [2.24, 2.45) is 7.05 Å². The first-order valence-corrected chi connectivity index (χ1v) is 10.3. The van der Waals surface area contributed by atoms with Gasteiger partial charge in [-0.1, -0.05) is 30.3 Å². The molecule has 4 aromatic rings. The highest BCUT2D eigenvalue weighted by molar-refractivity contribution is 5.96. The van der Waals surface area contributed by atoms with Gasteiger partial charge in [-0.2, -0.15) is 0 Å². The number of hydrogen-bond acceptors (Lipinski definition) is 6. The Balaban J connectivity index is 1.82. The summed E-state index contributed by atoms with van der Waals surface area (Å²) in [5.41, 5.74) is 4.84. The van der Waals surface area contributed by atoms with Gasteiger partial charge in [0.25, 0.3) is 5.91 Å². The molecule has 1 aromatic carbocycles. The van der Waals surface area contributed by atoms with E-state index in [0.29, 0.717) is 23.9 Å². The Bertz CT molecular complexity index is 1230. The van der Waals surface area contributed by atoms with E-state index in [4.69, 9.17) is 9.72 Å². The van der Waals surface area contributed by atoms with E-state index in [1.807, 2.05) is 74.6 Å². The number of carbonyl (C=O) groups excluding carboxylic acids is 1. The van der Waals surface area contributed by atoms with Crippen LogP contribution in [0.4, 0.5) is 0 Å². The molecule has 0 saturated carbocycles. The number of rotatable bonds is 7. The van der Waals surface area contributed by atoms with Crippen LogP contribution in [-0.2, 0) is 7.05 Å². The highest BCUT2D eigenvalue weighted by atomic mass is 16.5. The number of benzene rings is 1. The van der Waals surface area contributed by atoms with Crippen molar-refractivity contribution in [3.05, 3.63) is 60.6 Å². The van der Waals surface area contributed by atoms with Gasteiger partial charge in [0.05, 0.1) is 18.3 Å². The van der Waals surface area contributed by atoms with Gasteiger partial charge in [0.1, 0.15) is 0 Å². The molecule has 0 radical (unpaired) electrons. The Hall–Kier alpha value is -3.78. The summed E-state index contributed by atoms with van der Waals surface area (Å²) in [4.78, 5) is 28.5. The SMILES string of the molecule is COc1ccc(-c2cc3c(nc2-c2ccccc2)nc(C(=O)NCCN(C)C)n3C)cn1. The fourth-order valence-corrected chi connectivity index (χ4v) is 3.48. The van der Waals surface area contributed by atoms with Crippen molar-refractivity contribution in [1.82, 2.24) is 29.7 Å². The summed E-state index contributed by atoms with van der Waals surface area (Å²) < 4.78 is 6.98. The van der Waals surface area contributed by atoms with Gasteiger partial charge in [0.15, 0.2) is 5.65 Å². The van der Waals surface area contributed by atoms with Gasteiger partial charge in [-0.15, -0.1) is 0 Å². The first-order chi connectivity index (χ1) is 15.5. The lowest BCUT2D eigenvalue weighted by Gasteiger charge is -2.11. The van der Waals surface area contributed by atoms with Crippen molar-refractivity contribution in [2.75, 3.05) is 34.3 Å². The minimum atomic E-state index is -0.221. The average molecular weight is 431 g/mol. The highest BCUT2D eigenvalue weighted by Gasteiger charge is 2.20. The minimum absolute atomic E-state index is 0.221. The van der Waals surface area contributed by atoms with Crippen LogP contribution in [0.3, 0.4) is 0 Å². The van der Waals surface area contributed by atoms with Crippen molar-refractivity contribution in [2.45, 2.75) is 0 Å². The van der Waals surface area contributed by atoms with Crippen LogP contribution in [0.5, 0.6) is 5.88 Å². The molecule has 8 heteroatoms. The highest BCUT2D eigenvalue weighted by Crippen LogP contribution is 2.33. The number of aryl methyl sites for hydroxylation is 1. The second-order valence-corrected chi connectivity index (χ2v) is 7.74. The smallest absolute Gasteiger partial charge is 0.287 e. The molecule has 0 spiro atoms. The van der Waals surface area contributed by atoms with E-state index in [0.717, 1.165) is 34.4 Å². The van der Waals surface area contributed by atoms with Crippen LogP contribution in [0.2, 0.25) is 0 Å². The van der Waals surface area contributed by atoms with E-state index in [2.05, 4.69) is 15.3 Å². The monoisotopic (exact) mass is 430 g/mol. The molecular formula is C24H26N6O2. The summed E-state index contributed by atoms with van der Waals surface area (Å²) in [5, 5.41) is 2.92. The quantitative estimate of drug-likeness (QED) is 0.485. The molecule has 3 aromatic heterocycles. The third-order valence-electron chi connectivity index (χ3n) is 5.23. The largest absolute Gasteiger partial charge is 0.481 e. The van der Waals surface area contributed by atoms with Crippen molar-refractivity contribution < 1.29 is 9.53 Å². The summed E-state index contributed by atoms with van der Waals surface area (Å²) in [6, 6.07) is 15.7. The lowest BCUT2D eigenvalue weighted by molar-refractivity contribution is 0.0938. The Labute approximate surface area is 186 Å². The summed E-state index contributed by atoms with van der Waals surface area (Å²) >= 11 is 0. The number of nitrogens with one attached hydrogen (secondary N) is 1. The van der Waals surface area contributed by atoms with Crippen LogP contribution in [-0.4, -0.2) is 64.6 Å². The summed E-state index contributed by atoms with van der Waals surface area (Å²) in [7, 11) is 7.35. The predicted octanol–water partition coefficient (Wildman–Crippen LogP) is 3.00. The summed E-state index contributed by atoms with van der Waals surface area (Å²) in [5.74, 6) is 0.651. The Morgan fingerprint density at radius 1 is 1.09 bits per heavy atom. The average Bonchev–Trinajstić information content (AvgIpc) is 3.14. The van der Waals surface area contributed by atoms with Crippen molar-refractivity contribution >= 4 is 17.1 Å². The van der Waals surface area contributed by atoms with Gasteiger partial charge >= 0.3 is 0 Å². The number of aromatic nitrogens is 4. The molecule has 32 heavy (non-hydrogen) atoms. The third-order valence-corrected chi connectivity index (χ3v) is 5.23. The number of likely N-dealkylation sites (N-methyl/N-ethyl adjacent to an activating group) is 1. The molecule has 1 amide bonds. The molecule has 0 atom stereocenters. The molecule has 1 N–H and O–H groups in total. The van der Waals surface area contributed by atoms with E-state index in [1.54, 1.807) is 17.9 Å². The topological polar surface area (TPSA) is 85.2 Å². The van der Waals surface area contributed by atoms with Gasteiger partial charge in [-0.25, -0.2) is 15.0 Å². The van der Waals surface area contributed by atoms with Gasteiger partial charge in [-0.3, -0.25) is 4.79 Å². The van der Waals surface area contributed by atoms with E-state index >= 15 is 0 Å². The van der Waals surface area contributed by atoms with Crippen LogP contribution in [0.1, 0.15) is 10.6 Å². The van der Waals surface area contributed by atoms with Gasteiger partial charge in [0, 0.05) is 49.1 Å². The molecule has 8 nitrogen and oxygen atoms in total. The van der Waals surface area contributed by atoms with E-state index in [1.165, 1.54) is 0 Å². The van der Waals surface area contributed by atoms with E-state index in [-0.39, 0.29) is 5.91 Å². The van der Waals surface area contributed by atoms with Gasteiger partial charge in [-0.05, 0) is 26.2 Å². The molecule has 0 fully saturated rings. The first-order valence-electron chi connectivity index (χ1n) is 10.3. The zero-order valence-corrected chi connectivity index (χ0v) is 18.7. The molecule has 0 saturated heterocycles. The Kier molecular flexibility index (Phi) is 6.13. The number of nitrogens with zero attached hydrogens (tertiary/aromatic N) is 5. The number of amides is 1. The number of carbonyl (C=O) groups is 1. The van der Waals surface area contributed by atoms with Crippen molar-refractivity contribution in [3.63, 3.8) is 0 Å². The maximum atomic E-state index is 12.7. The number of imidazole rings is 1. The summed E-state index contributed by atoms with van der Waals surface area (Å²) in [6.07, 6.45) is 1.76. The standard InChI is InChI=1S/C24H26N6O2/c1-29(2)13-12-25-24(31)23-28-22-19(30(23)3)14-18(17-10-11-20(32-4)26-15-17)21(27-22)16-8-6-5-7-9-16/h5-11,14-15H,12-13H2,1-4H3,(H,25,31). The lowest BCUT2D eigenvalue weighted by Crippen LogP contribution is -2.32. The second-order valence-electron chi connectivity index (χ2n) is 7.74. The number of pyridine rings is 2. The lowest BCUT2D eigenvalue weighted by atomic mass is 10.0. The number of methoxy groups -OCH3 is 1. The number of hydrogen-bond donors (Lipinski definition) is 1. The fourth-order valence-electron chi connectivity index (χ4n) is 3.48. The van der Waals surface area contributed by atoms with Crippen molar-refractivity contribution in [1.29, 1.82) is 0 Å². The minimum Gasteiger partial charge on any atom is -0.481 e. The second kappa shape index (κ2) is 9.15. The molecular weight excluding hydrogens is 404 g/mol. The van der Waals surface area contributed by atoms with Crippen molar-refractivity contribution in [3.8, 4) is 28.3 Å². The maximum absolute atomic E-state index is 12.7. The molecule has 0 unspecified atom stereocenters. The molecule has 0 aliphatic rings. The Morgan fingerprint density at radius 2 is 1.88 bits per heavy atom. The zero-order valence-electron chi connectivity index (χ0n) is 18.7. The fraction of sp³-hybridized carbons (Fsp3) is 0.250. The van der Waals surface area contributed by atoms with E-state index in [9.17, 15) is 4.79 Å².